The molecule has 0 bridgehead atoms. The van der Waals surface area contributed by atoms with E-state index < -0.39 is 6.10 Å². The van der Waals surface area contributed by atoms with Crippen molar-refractivity contribution in [2.45, 2.75) is 18.9 Å². The highest BCUT2D eigenvalue weighted by atomic mass is 16.5. The van der Waals surface area contributed by atoms with Crippen molar-refractivity contribution < 1.29 is 19.7 Å². The molecule has 1 unspecified atom stereocenters. The van der Waals surface area contributed by atoms with Gasteiger partial charge >= 0.3 is 0 Å². The molecule has 0 aliphatic heterocycles. The molecule has 0 aromatic heterocycles. The van der Waals surface area contributed by atoms with Crippen molar-refractivity contribution in [1.29, 1.82) is 0 Å². The van der Waals surface area contributed by atoms with Crippen LogP contribution >= 0.6 is 0 Å². The molecule has 1 rings (SSSR count). The first kappa shape index (κ1) is 12.8. The van der Waals surface area contributed by atoms with Gasteiger partial charge in [-0.3, -0.25) is 0 Å². The van der Waals surface area contributed by atoms with Crippen LogP contribution in [0.15, 0.2) is 18.2 Å². The first-order valence-electron chi connectivity index (χ1n) is 5.23. The van der Waals surface area contributed by atoms with Crippen LogP contribution in [0.4, 0.5) is 0 Å². The molecule has 0 saturated carbocycles. The van der Waals surface area contributed by atoms with Gasteiger partial charge in [0, 0.05) is 6.61 Å². The lowest BCUT2D eigenvalue weighted by molar-refractivity contribution is 0.151. The van der Waals surface area contributed by atoms with Crippen molar-refractivity contribution in [2.75, 3.05) is 20.8 Å². The van der Waals surface area contributed by atoms with E-state index in [1.54, 1.807) is 32.4 Å². The van der Waals surface area contributed by atoms with Gasteiger partial charge in [0.25, 0.3) is 0 Å². The number of hydrogen-bond acceptors (Lipinski definition) is 4. The van der Waals surface area contributed by atoms with Crippen LogP contribution in [0.3, 0.4) is 0 Å². The van der Waals surface area contributed by atoms with Crippen LogP contribution < -0.4 is 9.47 Å². The molecule has 1 atom stereocenters. The summed E-state index contributed by atoms with van der Waals surface area (Å²) in [4.78, 5) is 0. The van der Waals surface area contributed by atoms with E-state index in [0.717, 1.165) is 5.56 Å². The van der Waals surface area contributed by atoms with Gasteiger partial charge in [0.1, 0.15) is 0 Å². The molecule has 0 aliphatic rings. The molecule has 0 saturated heterocycles. The van der Waals surface area contributed by atoms with Crippen molar-refractivity contribution in [3.8, 4) is 11.5 Å². The van der Waals surface area contributed by atoms with Gasteiger partial charge in [-0.2, -0.15) is 0 Å². The third kappa shape index (κ3) is 3.12. The molecule has 16 heavy (non-hydrogen) atoms. The molecular formula is C12H18O4. The fourth-order valence-corrected chi connectivity index (χ4v) is 1.51. The monoisotopic (exact) mass is 226 g/mol. The van der Waals surface area contributed by atoms with E-state index in [9.17, 15) is 5.11 Å². The van der Waals surface area contributed by atoms with E-state index in [-0.39, 0.29) is 6.61 Å². The van der Waals surface area contributed by atoms with Crippen LogP contribution in [-0.4, -0.2) is 31.0 Å². The van der Waals surface area contributed by atoms with Gasteiger partial charge in [0.15, 0.2) is 11.5 Å². The summed E-state index contributed by atoms with van der Waals surface area (Å²) in [6.45, 7) is 0.0876. The van der Waals surface area contributed by atoms with Gasteiger partial charge in [-0.25, -0.2) is 0 Å². The summed E-state index contributed by atoms with van der Waals surface area (Å²) in [5, 5.41) is 18.5. The molecule has 0 heterocycles. The smallest absolute Gasteiger partial charge is 0.161 e. The topological polar surface area (TPSA) is 58.9 Å². The first-order valence-corrected chi connectivity index (χ1v) is 5.23. The Bertz CT molecular complexity index is 325. The zero-order chi connectivity index (χ0) is 12.0. The Morgan fingerprint density at radius 3 is 2.44 bits per heavy atom. The van der Waals surface area contributed by atoms with Gasteiger partial charge in [-0.15, -0.1) is 0 Å². The Labute approximate surface area is 95.4 Å². The van der Waals surface area contributed by atoms with Crippen molar-refractivity contribution in [3.63, 3.8) is 0 Å². The number of aliphatic hydroxyl groups excluding tert-OH is 2. The normalized spacial score (nSPS) is 12.2. The average Bonchev–Trinajstić information content (AvgIpc) is 2.34. The van der Waals surface area contributed by atoms with E-state index in [4.69, 9.17) is 14.6 Å². The molecule has 0 fully saturated rings. The Balaban J connectivity index is 2.81. The lowest BCUT2D eigenvalue weighted by atomic mass is 10.0. The van der Waals surface area contributed by atoms with E-state index in [0.29, 0.717) is 24.3 Å². The SMILES string of the molecule is COc1ccc(C(O)CCCO)cc1OC. The molecule has 0 aliphatic carbocycles. The number of rotatable bonds is 6. The predicted octanol–water partition coefficient (Wildman–Crippen LogP) is 1.51. The second-order valence-corrected chi connectivity index (χ2v) is 3.50. The summed E-state index contributed by atoms with van der Waals surface area (Å²) in [6.07, 6.45) is 0.536. The van der Waals surface area contributed by atoms with Gasteiger partial charge in [-0.05, 0) is 30.5 Å². The molecule has 1 aromatic carbocycles. The van der Waals surface area contributed by atoms with Crippen molar-refractivity contribution in [2.24, 2.45) is 0 Å². The summed E-state index contributed by atoms with van der Waals surface area (Å²) in [7, 11) is 3.13. The van der Waals surface area contributed by atoms with Crippen molar-refractivity contribution in [1.82, 2.24) is 0 Å². The Morgan fingerprint density at radius 2 is 1.88 bits per heavy atom. The minimum Gasteiger partial charge on any atom is -0.493 e. The summed E-state index contributed by atoms with van der Waals surface area (Å²) in [5.74, 6) is 1.24. The predicted molar refractivity (Wildman–Crippen MR) is 60.8 cm³/mol. The van der Waals surface area contributed by atoms with E-state index >= 15 is 0 Å². The molecule has 4 heteroatoms. The largest absolute Gasteiger partial charge is 0.493 e. The summed E-state index contributed by atoms with van der Waals surface area (Å²) in [6, 6.07) is 5.31. The van der Waals surface area contributed by atoms with Gasteiger partial charge in [-0.1, -0.05) is 6.07 Å². The number of aliphatic hydroxyl groups is 2. The molecule has 4 nitrogen and oxygen atoms in total. The van der Waals surface area contributed by atoms with Crippen molar-refractivity contribution >= 4 is 0 Å². The van der Waals surface area contributed by atoms with E-state index in [1.807, 2.05) is 0 Å². The molecule has 0 spiro atoms. The minimum absolute atomic E-state index is 0.0876. The number of hydrogen-bond donors (Lipinski definition) is 2. The summed E-state index contributed by atoms with van der Waals surface area (Å²) >= 11 is 0. The second kappa shape index (κ2) is 6.35. The molecule has 2 N–H and O–H groups in total. The molecule has 1 aromatic rings. The molecule has 90 valence electrons. The Morgan fingerprint density at radius 1 is 1.19 bits per heavy atom. The third-order valence-corrected chi connectivity index (χ3v) is 2.43. The fourth-order valence-electron chi connectivity index (χ4n) is 1.51. The van der Waals surface area contributed by atoms with Crippen LogP contribution in [0.1, 0.15) is 24.5 Å². The van der Waals surface area contributed by atoms with E-state index in [1.165, 1.54) is 0 Å². The van der Waals surface area contributed by atoms with Crippen LogP contribution in [0, 0.1) is 0 Å². The molecule has 0 radical (unpaired) electrons. The number of benzene rings is 1. The summed E-state index contributed by atoms with van der Waals surface area (Å²) in [5.41, 5.74) is 0.770. The lowest BCUT2D eigenvalue weighted by Gasteiger charge is -2.13. The maximum atomic E-state index is 9.83. The average molecular weight is 226 g/mol. The lowest BCUT2D eigenvalue weighted by Crippen LogP contribution is -2.00. The second-order valence-electron chi connectivity index (χ2n) is 3.50. The Hall–Kier alpha value is -1.26. The molecular weight excluding hydrogens is 208 g/mol. The third-order valence-electron chi connectivity index (χ3n) is 2.43. The highest BCUT2D eigenvalue weighted by molar-refractivity contribution is 5.43. The quantitative estimate of drug-likeness (QED) is 0.772. The zero-order valence-electron chi connectivity index (χ0n) is 9.64. The van der Waals surface area contributed by atoms with Gasteiger partial charge in [0.2, 0.25) is 0 Å². The Kier molecular flexibility index (Phi) is 5.08. The maximum Gasteiger partial charge on any atom is 0.161 e. The highest BCUT2D eigenvalue weighted by Gasteiger charge is 2.11. The van der Waals surface area contributed by atoms with Gasteiger partial charge < -0.3 is 19.7 Å². The van der Waals surface area contributed by atoms with Crippen molar-refractivity contribution in [3.05, 3.63) is 23.8 Å². The zero-order valence-corrected chi connectivity index (χ0v) is 9.64. The van der Waals surface area contributed by atoms with Crippen LogP contribution in [0.25, 0.3) is 0 Å². The van der Waals surface area contributed by atoms with E-state index in [2.05, 4.69) is 0 Å². The summed E-state index contributed by atoms with van der Waals surface area (Å²) < 4.78 is 10.3. The number of ether oxygens (including phenoxy) is 2. The number of methoxy groups -OCH3 is 2. The maximum absolute atomic E-state index is 9.83. The molecule has 0 amide bonds. The standard InChI is InChI=1S/C12H18O4/c1-15-11-6-5-9(8-12(11)16-2)10(14)4-3-7-13/h5-6,8,10,13-14H,3-4,7H2,1-2H3. The fraction of sp³-hybridized carbons (Fsp3) is 0.500. The van der Waals surface area contributed by atoms with Crippen LogP contribution in [0.5, 0.6) is 11.5 Å². The van der Waals surface area contributed by atoms with Crippen LogP contribution in [-0.2, 0) is 0 Å². The van der Waals surface area contributed by atoms with Gasteiger partial charge in [0.05, 0.1) is 20.3 Å². The minimum atomic E-state index is -0.577. The van der Waals surface area contributed by atoms with Crippen LogP contribution in [0.2, 0.25) is 0 Å². The first-order chi connectivity index (χ1) is 7.72. The highest BCUT2D eigenvalue weighted by Crippen LogP contribution is 2.31.